The standard InChI is InChI=1S/C24H28N4O9/c1-24(2,25-22(30)36-14-16-3-7-18(8-4-16)27(32)33)12-20-11-21(29)13-26(20)23(31)37-15-17-5-9-19(10-6-17)28(34)35/h3-10,20-21,29H,11-15H2,1-2H3,(H,25,30)/t20-,21+/m0/s1. The van der Waals surface area contributed by atoms with Crippen LogP contribution in [0.3, 0.4) is 0 Å². The molecule has 0 bridgehead atoms. The fourth-order valence-electron chi connectivity index (χ4n) is 4.07. The van der Waals surface area contributed by atoms with E-state index in [1.807, 2.05) is 0 Å². The Hall–Kier alpha value is -4.26. The minimum Gasteiger partial charge on any atom is -0.445 e. The van der Waals surface area contributed by atoms with Gasteiger partial charge in [-0.3, -0.25) is 20.2 Å². The molecule has 1 aliphatic heterocycles. The maximum atomic E-state index is 12.7. The van der Waals surface area contributed by atoms with Crippen LogP contribution in [-0.2, 0) is 22.7 Å². The van der Waals surface area contributed by atoms with Crippen LogP contribution in [0.15, 0.2) is 48.5 Å². The molecule has 13 nitrogen and oxygen atoms in total. The van der Waals surface area contributed by atoms with Crippen molar-refractivity contribution in [3.8, 4) is 0 Å². The van der Waals surface area contributed by atoms with E-state index in [-0.39, 0.29) is 31.1 Å². The van der Waals surface area contributed by atoms with Crippen LogP contribution in [0.5, 0.6) is 0 Å². The van der Waals surface area contributed by atoms with E-state index >= 15 is 0 Å². The van der Waals surface area contributed by atoms with Gasteiger partial charge in [0.05, 0.1) is 22.5 Å². The number of carbonyl (C=O) groups excluding carboxylic acids is 2. The van der Waals surface area contributed by atoms with Gasteiger partial charge >= 0.3 is 12.2 Å². The predicted octanol–water partition coefficient (Wildman–Crippen LogP) is 3.67. The van der Waals surface area contributed by atoms with Crippen molar-refractivity contribution in [3.05, 3.63) is 79.9 Å². The molecular weight excluding hydrogens is 488 g/mol. The monoisotopic (exact) mass is 516 g/mol. The van der Waals surface area contributed by atoms with Crippen LogP contribution < -0.4 is 5.32 Å². The molecule has 2 aromatic carbocycles. The lowest BCUT2D eigenvalue weighted by Gasteiger charge is -2.32. The number of likely N-dealkylation sites (tertiary alicyclic amines) is 1. The van der Waals surface area contributed by atoms with Crippen molar-refractivity contribution in [2.75, 3.05) is 6.54 Å². The number of amides is 2. The van der Waals surface area contributed by atoms with E-state index in [1.54, 1.807) is 13.8 Å². The Morgan fingerprint density at radius 1 is 0.973 bits per heavy atom. The third-order valence-electron chi connectivity index (χ3n) is 5.84. The lowest BCUT2D eigenvalue weighted by atomic mass is 9.94. The van der Waals surface area contributed by atoms with Crippen molar-refractivity contribution >= 4 is 23.6 Å². The van der Waals surface area contributed by atoms with Gasteiger partial charge in [0.2, 0.25) is 0 Å². The molecule has 1 saturated heterocycles. The molecule has 2 N–H and O–H groups in total. The summed E-state index contributed by atoms with van der Waals surface area (Å²) in [6, 6.07) is 10.9. The van der Waals surface area contributed by atoms with Crippen molar-refractivity contribution in [2.24, 2.45) is 0 Å². The molecule has 0 aromatic heterocycles. The van der Waals surface area contributed by atoms with Gasteiger partial charge in [0.1, 0.15) is 13.2 Å². The number of ether oxygens (including phenoxy) is 2. The molecular formula is C24H28N4O9. The summed E-state index contributed by atoms with van der Waals surface area (Å²) in [4.78, 5) is 46.9. The van der Waals surface area contributed by atoms with E-state index in [9.17, 15) is 34.9 Å². The van der Waals surface area contributed by atoms with Gasteiger partial charge in [0.15, 0.2) is 0 Å². The Kier molecular flexibility index (Phi) is 8.60. The molecule has 1 aliphatic rings. The van der Waals surface area contributed by atoms with Crippen LogP contribution in [0.25, 0.3) is 0 Å². The number of non-ortho nitro benzene ring substituents is 2. The summed E-state index contributed by atoms with van der Waals surface area (Å²) < 4.78 is 10.6. The average molecular weight is 517 g/mol. The third kappa shape index (κ3) is 7.87. The number of hydrogen-bond donors (Lipinski definition) is 2. The molecule has 1 heterocycles. The Balaban J connectivity index is 1.51. The average Bonchev–Trinajstić information content (AvgIpc) is 3.20. The van der Waals surface area contributed by atoms with E-state index in [0.29, 0.717) is 24.0 Å². The number of nitrogens with one attached hydrogen (secondary N) is 1. The zero-order valence-corrected chi connectivity index (χ0v) is 20.4. The van der Waals surface area contributed by atoms with Crippen molar-refractivity contribution in [1.82, 2.24) is 10.2 Å². The van der Waals surface area contributed by atoms with Gasteiger partial charge in [-0.2, -0.15) is 0 Å². The molecule has 2 atom stereocenters. The largest absolute Gasteiger partial charge is 0.445 e. The smallest absolute Gasteiger partial charge is 0.410 e. The molecule has 0 saturated carbocycles. The number of alkyl carbamates (subject to hydrolysis) is 1. The highest BCUT2D eigenvalue weighted by atomic mass is 16.6. The molecule has 2 aromatic rings. The normalized spacial score (nSPS) is 17.2. The van der Waals surface area contributed by atoms with Gasteiger partial charge in [0.25, 0.3) is 11.4 Å². The van der Waals surface area contributed by atoms with Gasteiger partial charge in [-0.1, -0.05) is 0 Å². The molecule has 198 valence electrons. The number of benzene rings is 2. The molecule has 0 aliphatic carbocycles. The first-order valence-electron chi connectivity index (χ1n) is 11.5. The van der Waals surface area contributed by atoms with Crippen molar-refractivity contribution in [1.29, 1.82) is 0 Å². The number of nitrogens with zero attached hydrogens (tertiary/aromatic N) is 3. The fraction of sp³-hybridized carbons (Fsp3) is 0.417. The van der Waals surface area contributed by atoms with Gasteiger partial charge in [0, 0.05) is 35.8 Å². The number of hydrogen-bond acceptors (Lipinski definition) is 9. The molecule has 0 radical (unpaired) electrons. The highest BCUT2D eigenvalue weighted by Crippen LogP contribution is 2.27. The molecule has 37 heavy (non-hydrogen) atoms. The second-order valence-corrected chi connectivity index (χ2v) is 9.39. The first-order valence-corrected chi connectivity index (χ1v) is 11.5. The van der Waals surface area contributed by atoms with Crippen molar-refractivity contribution in [3.63, 3.8) is 0 Å². The minimum atomic E-state index is -0.807. The zero-order valence-electron chi connectivity index (χ0n) is 20.4. The maximum absolute atomic E-state index is 12.7. The summed E-state index contributed by atoms with van der Waals surface area (Å²) in [5.74, 6) is 0. The molecule has 2 amide bonds. The van der Waals surface area contributed by atoms with Crippen molar-refractivity contribution < 1.29 is 34.0 Å². The Bertz CT molecular complexity index is 1140. The second-order valence-electron chi connectivity index (χ2n) is 9.39. The molecule has 1 fully saturated rings. The highest BCUT2D eigenvalue weighted by molar-refractivity contribution is 5.69. The summed E-state index contributed by atoms with van der Waals surface area (Å²) in [5, 5.41) is 34.4. The van der Waals surface area contributed by atoms with Crippen LogP contribution in [0, 0.1) is 20.2 Å². The zero-order chi connectivity index (χ0) is 27.2. The number of nitro benzene ring substituents is 2. The summed E-state index contributed by atoms with van der Waals surface area (Å²) in [6.07, 6.45) is -1.48. The summed E-state index contributed by atoms with van der Waals surface area (Å²) in [6.45, 7) is 3.41. The number of nitro groups is 2. The summed E-state index contributed by atoms with van der Waals surface area (Å²) in [5.41, 5.74) is 0.216. The fourth-order valence-corrected chi connectivity index (χ4v) is 4.07. The van der Waals surface area contributed by atoms with E-state index in [0.717, 1.165) is 0 Å². The quantitative estimate of drug-likeness (QED) is 0.372. The van der Waals surface area contributed by atoms with E-state index < -0.39 is 39.7 Å². The lowest BCUT2D eigenvalue weighted by Crippen LogP contribution is -2.49. The minimum absolute atomic E-state index is 0.0658. The molecule has 13 heteroatoms. The first kappa shape index (κ1) is 27.3. The molecule has 0 unspecified atom stereocenters. The van der Waals surface area contributed by atoms with E-state index in [4.69, 9.17) is 9.47 Å². The van der Waals surface area contributed by atoms with Crippen LogP contribution in [0.4, 0.5) is 21.0 Å². The number of aliphatic hydroxyl groups is 1. The number of rotatable bonds is 9. The van der Waals surface area contributed by atoms with Crippen LogP contribution in [0.1, 0.15) is 37.8 Å². The van der Waals surface area contributed by atoms with Crippen LogP contribution in [0.2, 0.25) is 0 Å². The second kappa shape index (κ2) is 11.6. The van der Waals surface area contributed by atoms with Gasteiger partial charge in [-0.05, 0) is 62.1 Å². The Morgan fingerprint density at radius 2 is 1.46 bits per heavy atom. The predicted molar refractivity (Wildman–Crippen MR) is 130 cm³/mol. The number of β-amino-alcohol motifs (C(OH)–C–C–N with tert-alkyl or cyclic N) is 1. The van der Waals surface area contributed by atoms with Gasteiger partial charge in [-0.15, -0.1) is 0 Å². The number of aliphatic hydroxyl groups excluding tert-OH is 1. The van der Waals surface area contributed by atoms with Crippen LogP contribution >= 0.6 is 0 Å². The lowest BCUT2D eigenvalue weighted by molar-refractivity contribution is -0.385. The molecule has 0 spiro atoms. The van der Waals surface area contributed by atoms with E-state index in [2.05, 4.69) is 5.32 Å². The third-order valence-corrected chi connectivity index (χ3v) is 5.84. The topological polar surface area (TPSA) is 174 Å². The first-order chi connectivity index (χ1) is 17.4. The van der Waals surface area contributed by atoms with Gasteiger partial charge < -0.3 is 24.8 Å². The number of carbonyl (C=O) groups is 2. The van der Waals surface area contributed by atoms with Gasteiger partial charge in [-0.25, -0.2) is 9.59 Å². The summed E-state index contributed by atoms with van der Waals surface area (Å²) in [7, 11) is 0. The Labute approximate surface area is 212 Å². The van der Waals surface area contributed by atoms with E-state index in [1.165, 1.54) is 53.4 Å². The summed E-state index contributed by atoms with van der Waals surface area (Å²) >= 11 is 0. The van der Waals surface area contributed by atoms with Crippen LogP contribution in [-0.4, -0.2) is 56.3 Å². The molecule has 3 rings (SSSR count). The Morgan fingerprint density at radius 3 is 1.95 bits per heavy atom. The highest BCUT2D eigenvalue weighted by Gasteiger charge is 2.39. The van der Waals surface area contributed by atoms with Crippen molar-refractivity contribution in [2.45, 2.75) is 57.6 Å². The SMILES string of the molecule is CC(C)(C[C@@H]1C[C@@H](O)CN1C(=O)OCc1ccc([N+](=O)[O-])cc1)NC(=O)OCc1ccc([N+](=O)[O-])cc1. The maximum Gasteiger partial charge on any atom is 0.410 e.